The average Bonchev–Trinajstić information content (AvgIpc) is 3.12. The summed E-state index contributed by atoms with van der Waals surface area (Å²) in [6.07, 6.45) is 1.25. The van der Waals surface area contributed by atoms with Crippen LogP contribution in [0.25, 0.3) is 10.2 Å². The number of thiazole rings is 1. The Morgan fingerprint density at radius 3 is 2.63 bits per heavy atom. The van der Waals surface area contributed by atoms with Gasteiger partial charge in [-0.15, -0.1) is 34.9 Å². The van der Waals surface area contributed by atoms with Gasteiger partial charge in [-0.05, 0) is 41.7 Å². The standard InChI is InChI=1S/C20H15ClN2OS3/c21-14-6-7-17-16(10-14)23-19(27-17)15(11-22)18(24)12-2-4-13(5-3-12)20-25-8-1-9-26-20/h2-7,10,15,20H,1,8-9H2. The molecule has 1 aromatic heterocycles. The molecule has 1 aliphatic heterocycles. The van der Waals surface area contributed by atoms with Gasteiger partial charge < -0.3 is 0 Å². The molecule has 3 nitrogen and oxygen atoms in total. The van der Waals surface area contributed by atoms with Crippen molar-refractivity contribution in [1.82, 2.24) is 4.98 Å². The van der Waals surface area contributed by atoms with Crippen molar-refractivity contribution < 1.29 is 4.79 Å². The maximum atomic E-state index is 12.9. The fourth-order valence-electron chi connectivity index (χ4n) is 2.92. The summed E-state index contributed by atoms with van der Waals surface area (Å²) in [7, 11) is 0. The smallest absolute Gasteiger partial charge is 0.186 e. The molecule has 2 heterocycles. The van der Waals surface area contributed by atoms with E-state index < -0.39 is 5.92 Å². The number of hydrogen-bond donors (Lipinski definition) is 0. The van der Waals surface area contributed by atoms with E-state index in [4.69, 9.17) is 11.6 Å². The molecule has 1 fully saturated rings. The summed E-state index contributed by atoms with van der Waals surface area (Å²) in [4.78, 5) is 17.4. The molecule has 4 rings (SSSR count). The second-order valence-corrected chi connectivity index (χ2v) is 10.4. The van der Waals surface area contributed by atoms with E-state index in [0.717, 1.165) is 10.2 Å². The lowest BCUT2D eigenvalue weighted by molar-refractivity contribution is 0.0979. The van der Waals surface area contributed by atoms with E-state index >= 15 is 0 Å². The zero-order chi connectivity index (χ0) is 18.8. The average molecular weight is 431 g/mol. The largest absolute Gasteiger partial charge is 0.292 e. The third kappa shape index (κ3) is 4.02. The summed E-state index contributed by atoms with van der Waals surface area (Å²) in [6, 6.07) is 15.2. The molecule has 0 aliphatic carbocycles. The molecule has 0 spiro atoms. The van der Waals surface area contributed by atoms with Crippen LogP contribution in [-0.2, 0) is 0 Å². The van der Waals surface area contributed by atoms with Crippen molar-refractivity contribution in [1.29, 1.82) is 5.26 Å². The zero-order valence-electron chi connectivity index (χ0n) is 14.2. The number of halogens is 1. The molecule has 0 amide bonds. The van der Waals surface area contributed by atoms with Crippen LogP contribution < -0.4 is 0 Å². The molecule has 0 saturated carbocycles. The minimum Gasteiger partial charge on any atom is -0.292 e. The van der Waals surface area contributed by atoms with Crippen LogP contribution in [0, 0.1) is 11.3 Å². The molecule has 0 bridgehead atoms. The van der Waals surface area contributed by atoms with Crippen molar-refractivity contribution in [3.05, 3.63) is 63.6 Å². The highest BCUT2D eigenvalue weighted by Gasteiger charge is 2.26. The minimum absolute atomic E-state index is 0.210. The van der Waals surface area contributed by atoms with Crippen LogP contribution in [0.4, 0.5) is 0 Å². The highest BCUT2D eigenvalue weighted by atomic mass is 35.5. The predicted molar refractivity (Wildman–Crippen MR) is 116 cm³/mol. The molecule has 0 N–H and O–H groups in total. The van der Waals surface area contributed by atoms with Crippen LogP contribution >= 0.6 is 46.5 Å². The Bertz CT molecular complexity index is 1020. The first-order valence-electron chi connectivity index (χ1n) is 8.49. The molecule has 1 unspecified atom stereocenters. The molecule has 136 valence electrons. The molecule has 7 heteroatoms. The molecule has 1 aliphatic rings. The minimum atomic E-state index is -0.898. The van der Waals surface area contributed by atoms with E-state index in [1.54, 1.807) is 12.1 Å². The summed E-state index contributed by atoms with van der Waals surface area (Å²) in [5, 5.41) is 10.7. The van der Waals surface area contributed by atoms with Crippen LogP contribution in [0.2, 0.25) is 5.02 Å². The highest BCUT2D eigenvalue weighted by Crippen LogP contribution is 2.43. The van der Waals surface area contributed by atoms with Crippen molar-refractivity contribution in [2.24, 2.45) is 0 Å². The summed E-state index contributed by atoms with van der Waals surface area (Å²) in [5.74, 6) is 1.25. The first-order valence-corrected chi connectivity index (χ1v) is 11.8. The Hall–Kier alpha value is -1.52. The van der Waals surface area contributed by atoms with Crippen molar-refractivity contribution in [2.45, 2.75) is 16.9 Å². The number of hydrogen-bond acceptors (Lipinski definition) is 6. The van der Waals surface area contributed by atoms with E-state index in [1.165, 1.54) is 34.8 Å². The molecule has 3 aromatic rings. The third-order valence-corrected chi connectivity index (χ3v) is 8.65. The Labute approximate surface area is 175 Å². The van der Waals surface area contributed by atoms with Crippen LogP contribution in [0.15, 0.2) is 42.5 Å². The van der Waals surface area contributed by atoms with Crippen molar-refractivity contribution in [3.63, 3.8) is 0 Å². The van der Waals surface area contributed by atoms with Gasteiger partial charge in [0.2, 0.25) is 0 Å². The highest BCUT2D eigenvalue weighted by molar-refractivity contribution is 8.16. The summed E-state index contributed by atoms with van der Waals surface area (Å²) >= 11 is 11.3. The maximum Gasteiger partial charge on any atom is 0.186 e. The lowest BCUT2D eigenvalue weighted by Crippen LogP contribution is -2.11. The van der Waals surface area contributed by atoms with E-state index in [-0.39, 0.29) is 5.78 Å². The van der Waals surface area contributed by atoms with Crippen LogP contribution in [0.5, 0.6) is 0 Å². The Morgan fingerprint density at radius 2 is 1.93 bits per heavy atom. The van der Waals surface area contributed by atoms with Crippen LogP contribution in [0.1, 0.15) is 37.8 Å². The van der Waals surface area contributed by atoms with E-state index in [1.807, 2.05) is 53.9 Å². The normalized spacial score (nSPS) is 16.1. The second-order valence-electron chi connectivity index (χ2n) is 6.14. The number of ketones is 1. The second kappa shape index (κ2) is 8.24. The zero-order valence-corrected chi connectivity index (χ0v) is 17.4. The molecule has 2 aromatic carbocycles. The van der Waals surface area contributed by atoms with Crippen LogP contribution in [0.3, 0.4) is 0 Å². The van der Waals surface area contributed by atoms with Crippen molar-refractivity contribution in [2.75, 3.05) is 11.5 Å². The quantitative estimate of drug-likeness (QED) is 0.454. The molecular formula is C20H15ClN2OS3. The maximum absolute atomic E-state index is 12.9. The number of Topliss-reactive ketones (excluding diaryl/α,β-unsaturated/α-hetero) is 1. The van der Waals surface area contributed by atoms with Gasteiger partial charge >= 0.3 is 0 Å². The molecule has 1 atom stereocenters. The fraction of sp³-hybridized carbons (Fsp3) is 0.250. The summed E-state index contributed by atoms with van der Waals surface area (Å²) < 4.78 is 1.35. The number of thioether (sulfide) groups is 2. The molecule has 0 radical (unpaired) electrons. The van der Waals surface area contributed by atoms with Crippen molar-refractivity contribution in [3.8, 4) is 6.07 Å². The number of nitriles is 1. The van der Waals surface area contributed by atoms with Crippen molar-refractivity contribution >= 4 is 62.5 Å². The van der Waals surface area contributed by atoms with Gasteiger partial charge in [0, 0.05) is 10.6 Å². The van der Waals surface area contributed by atoms with Gasteiger partial charge in [-0.1, -0.05) is 35.9 Å². The van der Waals surface area contributed by atoms with E-state index in [0.29, 0.717) is 20.2 Å². The van der Waals surface area contributed by atoms with Gasteiger partial charge in [-0.25, -0.2) is 4.98 Å². The SMILES string of the molecule is N#CC(C(=O)c1ccc(C2SCCCS2)cc1)c1nc2cc(Cl)ccc2s1. The van der Waals surface area contributed by atoms with E-state index in [2.05, 4.69) is 11.1 Å². The van der Waals surface area contributed by atoms with Gasteiger partial charge in [0.25, 0.3) is 0 Å². The molecular weight excluding hydrogens is 416 g/mol. The molecule has 1 saturated heterocycles. The number of benzene rings is 2. The van der Waals surface area contributed by atoms with Gasteiger partial charge in [-0.3, -0.25) is 4.79 Å². The Kier molecular flexibility index (Phi) is 5.74. The van der Waals surface area contributed by atoms with Gasteiger partial charge in [0.15, 0.2) is 11.7 Å². The predicted octanol–water partition coefficient (Wildman–Crippen LogP) is 6.31. The van der Waals surface area contributed by atoms with Crippen LogP contribution in [-0.4, -0.2) is 22.3 Å². The van der Waals surface area contributed by atoms with Gasteiger partial charge in [-0.2, -0.15) is 5.26 Å². The number of nitrogens with zero attached hydrogens (tertiary/aromatic N) is 2. The Morgan fingerprint density at radius 1 is 1.19 bits per heavy atom. The summed E-state index contributed by atoms with van der Waals surface area (Å²) in [5.41, 5.74) is 2.50. The number of carbonyl (C=O) groups excluding carboxylic acids is 1. The van der Waals surface area contributed by atoms with Gasteiger partial charge in [0.1, 0.15) is 5.01 Å². The summed E-state index contributed by atoms with van der Waals surface area (Å²) in [6.45, 7) is 0. The first-order chi connectivity index (χ1) is 13.2. The first kappa shape index (κ1) is 18.8. The topological polar surface area (TPSA) is 53.8 Å². The Balaban J connectivity index is 1.58. The van der Waals surface area contributed by atoms with Gasteiger partial charge in [0.05, 0.1) is 20.9 Å². The molecule has 27 heavy (non-hydrogen) atoms. The lowest BCUT2D eigenvalue weighted by atomic mass is 9.98. The number of aromatic nitrogens is 1. The fourth-order valence-corrected chi connectivity index (χ4v) is 6.97. The number of fused-ring (bicyclic) bond motifs is 1. The number of rotatable bonds is 4. The van der Waals surface area contributed by atoms with E-state index in [9.17, 15) is 10.1 Å². The monoisotopic (exact) mass is 430 g/mol. The number of carbonyl (C=O) groups is 1. The third-order valence-electron chi connectivity index (χ3n) is 4.30. The lowest BCUT2D eigenvalue weighted by Gasteiger charge is -2.21.